The SMILES string of the molecule is CC(C)(C)OC(=O)N1CCCC1CNCc1ncn[nH]1. The molecule has 1 atom stereocenters. The minimum Gasteiger partial charge on any atom is -0.444 e. The highest BCUT2D eigenvalue weighted by Gasteiger charge is 2.31. The van der Waals surface area contributed by atoms with Crippen LogP contribution in [0.5, 0.6) is 0 Å². The van der Waals surface area contributed by atoms with E-state index in [2.05, 4.69) is 20.5 Å². The first-order chi connectivity index (χ1) is 9.46. The van der Waals surface area contributed by atoms with E-state index >= 15 is 0 Å². The smallest absolute Gasteiger partial charge is 0.410 e. The topological polar surface area (TPSA) is 83.1 Å². The Balaban J connectivity index is 1.79. The van der Waals surface area contributed by atoms with Crippen LogP contribution in [0, 0.1) is 0 Å². The molecule has 2 N–H and O–H groups in total. The molecule has 0 spiro atoms. The van der Waals surface area contributed by atoms with Crippen LogP contribution in [0.4, 0.5) is 4.79 Å². The molecule has 1 aliphatic rings. The lowest BCUT2D eigenvalue weighted by molar-refractivity contribution is 0.0226. The first kappa shape index (κ1) is 14.8. The molecule has 7 nitrogen and oxygen atoms in total. The monoisotopic (exact) mass is 281 g/mol. The van der Waals surface area contributed by atoms with Gasteiger partial charge in [-0.25, -0.2) is 9.78 Å². The summed E-state index contributed by atoms with van der Waals surface area (Å²) in [6.45, 7) is 7.79. The van der Waals surface area contributed by atoms with Gasteiger partial charge in [-0.2, -0.15) is 5.10 Å². The number of rotatable bonds is 4. The fourth-order valence-corrected chi connectivity index (χ4v) is 2.28. The summed E-state index contributed by atoms with van der Waals surface area (Å²) in [4.78, 5) is 18.0. The highest BCUT2D eigenvalue weighted by atomic mass is 16.6. The van der Waals surface area contributed by atoms with E-state index in [-0.39, 0.29) is 12.1 Å². The quantitative estimate of drug-likeness (QED) is 0.869. The lowest BCUT2D eigenvalue weighted by atomic mass is 10.2. The van der Waals surface area contributed by atoms with Crippen LogP contribution in [-0.2, 0) is 11.3 Å². The molecule has 0 bridgehead atoms. The van der Waals surface area contributed by atoms with Gasteiger partial charge in [0.2, 0.25) is 0 Å². The molecular formula is C13H23N5O2. The number of nitrogens with zero attached hydrogens (tertiary/aromatic N) is 3. The average molecular weight is 281 g/mol. The number of hydrogen-bond donors (Lipinski definition) is 2. The molecule has 0 aromatic carbocycles. The maximum absolute atomic E-state index is 12.1. The average Bonchev–Trinajstić information content (AvgIpc) is 2.97. The van der Waals surface area contributed by atoms with Crippen LogP contribution in [0.2, 0.25) is 0 Å². The van der Waals surface area contributed by atoms with Gasteiger partial charge in [0.1, 0.15) is 17.8 Å². The molecule has 7 heteroatoms. The summed E-state index contributed by atoms with van der Waals surface area (Å²) in [7, 11) is 0. The molecule has 112 valence electrons. The molecule has 2 heterocycles. The lowest BCUT2D eigenvalue weighted by Gasteiger charge is -2.28. The molecule has 1 aromatic rings. The number of likely N-dealkylation sites (tertiary alicyclic amines) is 1. The van der Waals surface area contributed by atoms with Crippen molar-refractivity contribution in [2.24, 2.45) is 0 Å². The summed E-state index contributed by atoms with van der Waals surface area (Å²) in [6, 6.07) is 0.188. The highest BCUT2D eigenvalue weighted by Crippen LogP contribution is 2.20. The van der Waals surface area contributed by atoms with Gasteiger partial charge in [-0.1, -0.05) is 0 Å². The van der Waals surface area contributed by atoms with Crippen LogP contribution >= 0.6 is 0 Å². The van der Waals surface area contributed by atoms with E-state index in [1.807, 2.05) is 25.7 Å². The van der Waals surface area contributed by atoms with Crippen molar-refractivity contribution in [3.63, 3.8) is 0 Å². The maximum atomic E-state index is 12.1. The standard InChI is InChI=1S/C13H23N5O2/c1-13(2,3)20-12(19)18-6-4-5-10(18)7-14-8-11-15-9-16-17-11/h9-10,14H,4-8H2,1-3H3,(H,15,16,17). The van der Waals surface area contributed by atoms with Crippen molar-refractivity contribution in [1.82, 2.24) is 25.4 Å². The fraction of sp³-hybridized carbons (Fsp3) is 0.769. The van der Waals surface area contributed by atoms with Gasteiger partial charge in [-0.15, -0.1) is 0 Å². The number of carbonyl (C=O) groups is 1. The number of amides is 1. The number of nitrogens with one attached hydrogen (secondary N) is 2. The Labute approximate surface area is 119 Å². The maximum Gasteiger partial charge on any atom is 0.410 e. The second-order valence-corrected chi connectivity index (χ2v) is 6.03. The third kappa shape index (κ3) is 4.19. The molecule has 0 radical (unpaired) electrons. The summed E-state index contributed by atoms with van der Waals surface area (Å²) >= 11 is 0. The van der Waals surface area contributed by atoms with Crippen LogP contribution in [0.25, 0.3) is 0 Å². The summed E-state index contributed by atoms with van der Waals surface area (Å²) in [5.41, 5.74) is -0.447. The predicted molar refractivity (Wildman–Crippen MR) is 74.1 cm³/mol. The normalized spacial score (nSPS) is 19.4. The highest BCUT2D eigenvalue weighted by molar-refractivity contribution is 5.69. The van der Waals surface area contributed by atoms with Gasteiger partial charge in [-0.05, 0) is 33.6 Å². The molecule has 1 saturated heterocycles. The third-order valence-corrected chi connectivity index (χ3v) is 3.14. The van der Waals surface area contributed by atoms with Crippen LogP contribution < -0.4 is 5.32 Å². The van der Waals surface area contributed by atoms with E-state index in [1.165, 1.54) is 6.33 Å². The molecule has 1 fully saturated rings. The van der Waals surface area contributed by atoms with Gasteiger partial charge >= 0.3 is 6.09 Å². The van der Waals surface area contributed by atoms with Crippen LogP contribution in [0.1, 0.15) is 39.4 Å². The molecule has 1 aliphatic heterocycles. The Morgan fingerprint density at radius 1 is 1.60 bits per heavy atom. The molecule has 2 rings (SSSR count). The third-order valence-electron chi connectivity index (χ3n) is 3.14. The summed E-state index contributed by atoms with van der Waals surface area (Å²) in [5.74, 6) is 0.798. The molecule has 20 heavy (non-hydrogen) atoms. The number of aromatic amines is 1. The lowest BCUT2D eigenvalue weighted by Crippen LogP contribution is -2.44. The van der Waals surface area contributed by atoms with Crippen molar-refractivity contribution in [2.75, 3.05) is 13.1 Å². The van der Waals surface area contributed by atoms with E-state index in [4.69, 9.17) is 4.74 Å². The number of ether oxygens (including phenoxy) is 1. The predicted octanol–water partition coefficient (Wildman–Crippen LogP) is 1.29. The van der Waals surface area contributed by atoms with Gasteiger partial charge in [0, 0.05) is 19.1 Å². The second kappa shape index (κ2) is 6.21. The van der Waals surface area contributed by atoms with Crippen molar-refractivity contribution in [3.05, 3.63) is 12.2 Å². The number of hydrogen-bond acceptors (Lipinski definition) is 5. The number of H-pyrrole nitrogens is 1. The van der Waals surface area contributed by atoms with E-state index in [9.17, 15) is 4.79 Å². The molecule has 1 unspecified atom stereocenters. The van der Waals surface area contributed by atoms with E-state index in [1.54, 1.807) is 0 Å². The summed E-state index contributed by atoms with van der Waals surface area (Å²) in [5, 5.41) is 9.89. The Hall–Kier alpha value is -1.63. The molecule has 1 aromatic heterocycles. The first-order valence-electron chi connectivity index (χ1n) is 7.00. The fourth-order valence-electron chi connectivity index (χ4n) is 2.28. The molecule has 0 aliphatic carbocycles. The van der Waals surface area contributed by atoms with Crippen molar-refractivity contribution in [3.8, 4) is 0 Å². The van der Waals surface area contributed by atoms with Crippen LogP contribution in [0.3, 0.4) is 0 Å². The zero-order chi connectivity index (χ0) is 14.6. The van der Waals surface area contributed by atoms with Crippen LogP contribution in [0.15, 0.2) is 6.33 Å². The van der Waals surface area contributed by atoms with Crippen molar-refractivity contribution in [2.45, 2.75) is 51.8 Å². The zero-order valence-electron chi connectivity index (χ0n) is 12.3. The first-order valence-corrected chi connectivity index (χ1v) is 7.00. The number of carbonyl (C=O) groups excluding carboxylic acids is 1. The van der Waals surface area contributed by atoms with Gasteiger partial charge in [0.05, 0.1) is 6.54 Å². The van der Waals surface area contributed by atoms with E-state index in [0.717, 1.165) is 31.8 Å². The Morgan fingerprint density at radius 2 is 2.40 bits per heavy atom. The minimum atomic E-state index is -0.447. The van der Waals surface area contributed by atoms with Crippen molar-refractivity contribution >= 4 is 6.09 Å². The van der Waals surface area contributed by atoms with Gasteiger partial charge < -0.3 is 15.0 Å². The molecule has 0 saturated carbocycles. The van der Waals surface area contributed by atoms with E-state index < -0.39 is 5.60 Å². The number of aromatic nitrogens is 3. The van der Waals surface area contributed by atoms with Crippen molar-refractivity contribution in [1.29, 1.82) is 0 Å². The zero-order valence-corrected chi connectivity index (χ0v) is 12.3. The van der Waals surface area contributed by atoms with Gasteiger partial charge in [-0.3, -0.25) is 5.10 Å². The second-order valence-electron chi connectivity index (χ2n) is 6.03. The van der Waals surface area contributed by atoms with Gasteiger partial charge in [0.25, 0.3) is 0 Å². The molecular weight excluding hydrogens is 258 g/mol. The largest absolute Gasteiger partial charge is 0.444 e. The van der Waals surface area contributed by atoms with Gasteiger partial charge in [0.15, 0.2) is 0 Å². The summed E-state index contributed by atoms with van der Waals surface area (Å²) < 4.78 is 5.43. The Kier molecular flexibility index (Phi) is 4.59. The van der Waals surface area contributed by atoms with Crippen LogP contribution in [-0.4, -0.2) is 50.9 Å². The minimum absolute atomic E-state index is 0.188. The Bertz CT molecular complexity index is 426. The van der Waals surface area contributed by atoms with Crippen molar-refractivity contribution < 1.29 is 9.53 Å². The summed E-state index contributed by atoms with van der Waals surface area (Å²) in [6.07, 6.45) is 3.29. The van der Waals surface area contributed by atoms with E-state index in [0.29, 0.717) is 6.54 Å². The molecule has 1 amide bonds. The Morgan fingerprint density at radius 3 is 3.05 bits per heavy atom.